The van der Waals surface area contributed by atoms with Gasteiger partial charge in [-0.15, -0.1) is 0 Å². The standard InChI is InChI=1S/C19H24O/c1-16-9-11-18(12-10-16)15-20-19(2,3)14-13-17-7-5-4-6-8-17/h4-12H,13-15H2,1-3H3. The van der Waals surface area contributed by atoms with Gasteiger partial charge in [0.15, 0.2) is 0 Å². The predicted molar refractivity (Wildman–Crippen MR) is 84.8 cm³/mol. The monoisotopic (exact) mass is 268 g/mol. The molecule has 0 N–H and O–H groups in total. The van der Waals surface area contributed by atoms with Crippen molar-refractivity contribution in [3.05, 3.63) is 71.3 Å². The van der Waals surface area contributed by atoms with Crippen molar-refractivity contribution < 1.29 is 4.74 Å². The van der Waals surface area contributed by atoms with Crippen molar-refractivity contribution in [3.8, 4) is 0 Å². The number of hydrogen-bond donors (Lipinski definition) is 0. The second-order valence-electron chi connectivity index (χ2n) is 6.02. The smallest absolute Gasteiger partial charge is 0.0724 e. The third-order valence-corrected chi connectivity index (χ3v) is 3.61. The lowest BCUT2D eigenvalue weighted by Gasteiger charge is -2.25. The van der Waals surface area contributed by atoms with Crippen molar-refractivity contribution in [2.24, 2.45) is 0 Å². The molecular weight excluding hydrogens is 244 g/mol. The van der Waals surface area contributed by atoms with Gasteiger partial charge in [0.05, 0.1) is 12.2 Å². The van der Waals surface area contributed by atoms with Crippen molar-refractivity contribution in [1.82, 2.24) is 0 Å². The van der Waals surface area contributed by atoms with E-state index in [1.807, 2.05) is 0 Å². The van der Waals surface area contributed by atoms with Crippen molar-refractivity contribution in [3.63, 3.8) is 0 Å². The fourth-order valence-corrected chi connectivity index (χ4v) is 2.13. The second kappa shape index (κ2) is 6.71. The van der Waals surface area contributed by atoms with E-state index in [4.69, 9.17) is 4.74 Å². The fourth-order valence-electron chi connectivity index (χ4n) is 2.13. The van der Waals surface area contributed by atoms with Gasteiger partial charge >= 0.3 is 0 Å². The first-order chi connectivity index (χ1) is 9.55. The average molecular weight is 268 g/mol. The fraction of sp³-hybridized carbons (Fsp3) is 0.368. The zero-order valence-corrected chi connectivity index (χ0v) is 12.7. The molecule has 1 heteroatoms. The van der Waals surface area contributed by atoms with Gasteiger partial charge in [-0.25, -0.2) is 0 Å². The molecule has 106 valence electrons. The van der Waals surface area contributed by atoms with Gasteiger partial charge in [-0.3, -0.25) is 0 Å². The van der Waals surface area contributed by atoms with Crippen LogP contribution in [-0.2, 0) is 17.8 Å². The Balaban J connectivity index is 1.83. The van der Waals surface area contributed by atoms with Crippen molar-refractivity contribution in [1.29, 1.82) is 0 Å². The number of benzene rings is 2. The molecule has 0 amide bonds. The van der Waals surface area contributed by atoms with Crippen molar-refractivity contribution in [2.75, 3.05) is 0 Å². The van der Waals surface area contributed by atoms with Crippen LogP contribution in [0.2, 0.25) is 0 Å². The molecule has 2 aromatic rings. The molecule has 0 aliphatic rings. The lowest BCUT2D eigenvalue weighted by atomic mass is 9.98. The Morgan fingerprint density at radius 3 is 2.15 bits per heavy atom. The van der Waals surface area contributed by atoms with Crippen LogP contribution in [0.5, 0.6) is 0 Å². The van der Waals surface area contributed by atoms with Crippen LogP contribution in [0.15, 0.2) is 54.6 Å². The average Bonchev–Trinajstić information content (AvgIpc) is 2.46. The Hall–Kier alpha value is -1.60. The third kappa shape index (κ3) is 4.82. The summed E-state index contributed by atoms with van der Waals surface area (Å²) >= 11 is 0. The van der Waals surface area contributed by atoms with E-state index in [1.165, 1.54) is 16.7 Å². The number of rotatable bonds is 6. The Bertz CT molecular complexity index is 511. The summed E-state index contributed by atoms with van der Waals surface area (Å²) < 4.78 is 6.08. The Kier molecular flexibility index (Phi) is 4.97. The first-order valence-corrected chi connectivity index (χ1v) is 7.29. The summed E-state index contributed by atoms with van der Waals surface area (Å²) in [6.45, 7) is 7.13. The first kappa shape index (κ1) is 14.8. The zero-order chi connectivity index (χ0) is 14.4. The van der Waals surface area contributed by atoms with Gasteiger partial charge in [0, 0.05) is 0 Å². The molecule has 20 heavy (non-hydrogen) atoms. The maximum absolute atomic E-state index is 6.08. The van der Waals surface area contributed by atoms with Crippen LogP contribution >= 0.6 is 0 Å². The summed E-state index contributed by atoms with van der Waals surface area (Å²) in [6, 6.07) is 19.1. The van der Waals surface area contributed by atoms with Gasteiger partial charge < -0.3 is 4.74 Å². The molecule has 2 aromatic carbocycles. The lowest BCUT2D eigenvalue weighted by Crippen LogP contribution is -2.25. The molecule has 2 rings (SSSR count). The van der Waals surface area contributed by atoms with Crippen LogP contribution in [-0.4, -0.2) is 5.60 Å². The van der Waals surface area contributed by atoms with Gasteiger partial charge in [-0.2, -0.15) is 0 Å². The summed E-state index contributed by atoms with van der Waals surface area (Å²) in [5.74, 6) is 0. The van der Waals surface area contributed by atoms with E-state index in [9.17, 15) is 0 Å². The number of aryl methyl sites for hydroxylation is 2. The van der Waals surface area contributed by atoms with Crippen LogP contribution in [0.3, 0.4) is 0 Å². The summed E-state index contributed by atoms with van der Waals surface area (Å²) in [4.78, 5) is 0. The molecule has 0 fully saturated rings. The Labute approximate surface area is 122 Å². The highest BCUT2D eigenvalue weighted by atomic mass is 16.5. The maximum atomic E-state index is 6.08. The van der Waals surface area contributed by atoms with Gasteiger partial charge in [-0.1, -0.05) is 60.2 Å². The van der Waals surface area contributed by atoms with Gasteiger partial charge in [-0.05, 0) is 44.7 Å². The molecule has 0 unspecified atom stereocenters. The van der Waals surface area contributed by atoms with Crippen LogP contribution in [0.1, 0.15) is 37.0 Å². The first-order valence-electron chi connectivity index (χ1n) is 7.29. The quantitative estimate of drug-likeness (QED) is 0.722. The van der Waals surface area contributed by atoms with E-state index in [2.05, 4.69) is 75.4 Å². The highest BCUT2D eigenvalue weighted by molar-refractivity contribution is 5.20. The minimum absolute atomic E-state index is 0.0965. The zero-order valence-electron chi connectivity index (χ0n) is 12.7. The van der Waals surface area contributed by atoms with Gasteiger partial charge in [0.1, 0.15) is 0 Å². The topological polar surface area (TPSA) is 9.23 Å². The Morgan fingerprint density at radius 1 is 0.850 bits per heavy atom. The molecule has 0 saturated carbocycles. The molecule has 0 bridgehead atoms. The lowest BCUT2D eigenvalue weighted by molar-refractivity contribution is -0.0346. The van der Waals surface area contributed by atoms with E-state index >= 15 is 0 Å². The molecule has 0 aromatic heterocycles. The molecule has 0 atom stereocenters. The molecule has 0 saturated heterocycles. The Morgan fingerprint density at radius 2 is 1.50 bits per heavy atom. The van der Waals surface area contributed by atoms with Crippen molar-refractivity contribution >= 4 is 0 Å². The second-order valence-corrected chi connectivity index (χ2v) is 6.02. The van der Waals surface area contributed by atoms with Crippen LogP contribution in [0.25, 0.3) is 0 Å². The van der Waals surface area contributed by atoms with Crippen LogP contribution in [0.4, 0.5) is 0 Å². The molecular formula is C19H24O. The molecule has 1 nitrogen and oxygen atoms in total. The van der Waals surface area contributed by atoms with Gasteiger partial charge in [0.25, 0.3) is 0 Å². The third-order valence-electron chi connectivity index (χ3n) is 3.61. The predicted octanol–water partition coefficient (Wildman–Crippen LogP) is 4.92. The normalized spacial score (nSPS) is 11.6. The SMILES string of the molecule is Cc1ccc(COC(C)(C)CCc2ccccc2)cc1. The summed E-state index contributed by atoms with van der Waals surface area (Å²) in [5.41, 5.74) is 3.81. The summed E-state index contributed by atoms with van der Waals surface area (Å²) in [6.07, 6.45) is 2.09. The minimum atomic E-state index is -0.0965. The van der Waals surface area contributed by atoms with E-state index in [-0.39, 0.29) is 5.60 Å². The van der Waals surface area contributed by atoms with Gasteiger partial charge in [0.2, 0.25) is 0 Å². The number of hydrogen-bond acceptors (Lipinski definition) is 1. The van der Waals surface area contributed by atoms with E-state index in [0.717, 1.165) is 12.8 Å². The molecule has 0 aliphatic heterocycles. The highest BCUT2D eigenvalue weighted by Crippen LogP contribution is 2.20. The highest BCUT2D eigenvalue weighted by Gasteiger charge is 2.18. The number of ether oxygens (including phenoxy) is 1. The summed E-state index contributed by atoms with van der Waals surface area (Å²) in [5, 5.41) is 0. The molecule has 0 radical (unpaired) electrons. The van der Waals surface area contributed by atoms with E-state index < -0.39 is 0 Å². The largest absolute Gasteiger partial charge is 0.371 e. The summed E-state index contributed by atoms with van der Waals surface area (Å²) in [7, 11) is 0. The van der Waals surface area contributed by atoms with Crippen molar-refractivity contribution in [2.45, 2.75) is 45.8 Å². The van der Waals surface area contributed by atoms with E-state index in [0.29, 0.717) is 6.61 Å². The van der Waals surface area contributed by atoms with E-state index in [1.54, 1.807) is 0 Å². The van der Waals surface area contributed by atoms with Crippen LogP contribution < -0.4 is 0 Å². The molecule has 0 heterocycles. The minimum Gasteiger partial charge on any atom is -0.371 e. The molecule has 0 aliphatic carbocycles. The molecule has 0 spiro atoms. The van der Waals surface area contributed by atoms with Crippen LogP contribution in [0, 0.1) is 6.92 Å². The maximum Gasteiger partial charge on any atom is 0.0724 e.